The average Bonchev–Trinajstić information content (AvgIpc) is 2.27. The molecule has 0 atom stereocenters. The van der Waals surface area contributed by atoms with E-state index in [4.69, 9.17) is 13.3 Å². The quantitative estimate of drug-likeness (QED) is 0.406. The minimum atomic E-state index is -1.81. The van der Waals surface area contributed by atoms with Gasteiger partial charge < -0.3 is 13.3 Å². The Morgan fingerprint density at radius 3 is 1.67 bits per heavy atom. The Bertz CT molecular complexity index is 114. The van der Waals surface area contributed by atoms with Gasteiger partial charge in [0, 0.05) is 19.8 Å². The van der Waals surface area contributed by atoms with Crippen LogP contribution in [0.3, 0.4) is 0 Å². The molecule has 92 valence electrons. The molecule has 0 saturated carbocycles. The van der Waals surface area contributed by atoms with E-state index >= 15 is 0 Å². The predicted octanol–water partition coefficient (Wildman–Crippen LogP) is 2.76. The molecule has 0 unspecified atom stereocenters. The molecule has 3 nitrogen and oxygen atoms in total. The van der Waals surface area contributed by atoms with Crippen LogP contribution in [-0.2, 0) is 13.3 Å². The number of rotatable bonds is 11. The van der Waals surface area contributed by atoms with Gasteiger partial charge in [-0.1, -0.05) is 33.6 Å². The van der Waals surface area contributed by atoms with Gasteiger partial charge in [-0.05, 0) is 19.3 Å². The summed E-state index contributed by atoms with van der Waals surface area (Å²) in [5, 5.41) is 0. The van der Waals surface area contributed by atoms with Crippen molar-refractivity contribution in [2.75, 3.05) is 19.8 Å². The maximum absolute atomic E-state index is 5.64. The van der Waals surface area contributed by atoms with Crippen LogP contribution in [0.5, 0.6) is 0 Å². The van der Waals surface area contributed by atoms with Crippen LogP contribution in [0.4, 0.5) is 0 Å². The van der Waals surface area contributed by atoms with Crippen LogP contribution in [0.2, 0.25) is 0 Å². The van der Waals surface area contributed by atoms with E-state index in [0.717, 1.165) is 39.1 Å². The molecule has 0 radical (unpaired) electrons. The molecule has 0 aliphatic heterocycles. The van der Waals surface area contributed by atoms with Crippen LogP contribution in [-0.4, -0.2) is 29.3 Å². The molecule has 0 rings (SSSR count). The maximum Gasteiger partial charge on any atom is 0.484 e. The second-order valence-electron chi connectivity index (χ2n) is 3.61. The van der Waals surface area contributed by atoms with Gasteiger partial charge in [0.1, 0.15) is 0 Å². The van der Waals surface area contributed by atoms with E-state index < -0.39 is 9.53 Å². The minimum absolute atomic E-state index is 0.758. The first-order chi connectivity index (χ1) is 7.35. The molecule has 0 fully saturated rings. The zero-order chi connectivity index (χ0) is 11.4. The van der Waals surface area contributed by atoms with Crippen molar-refractivity contribution in [2.24, 2.45) is 0 Å². The summed E-state index contributed by atoms with van der Waals surface area (Å²) in [5.41, 5.74) is 0. The van der Waals surface area contributed by atoms with E-state index in [2.05, 4.69) is 20.8 Å². The van der Waals surface area contributed by atoms with Gasteiger partial charge in [-0.25, -0.2) is 0 Å². The molecule has 4 heteroatoms. The molecular weight excluding hydrogens is 208 g/mol. The van der Waals surface area contributed by atoms with Crippen molar-refractivity contribution in [1.29, 1.82) is 0 Å². The van der Waals surface area contributed by atoms with Crippen molar-refractivity contribution in [2.45, 2.75) is 52.9 Å². The molecule has 0 aromatic heterocycles. The van der Waals surface area contributed by atoms with E-state index in [-0.39, 0.29) is 0 Å². The van der Waals surface area contributed by atoms with Gasteiger partial charge in [0.2, 0.25) is 0 Å². The molecule has 0 aliphatic carbocycles. The monoisotopic (exact) mass is 234 g/mol. The Hall–Kier alpha value is 0.0969. The molecule has 0 aromatic carbocycles. The lowest BCUT2D eigenvalue weighted by atomic mass is 10.3. The van der Waals surface area contributed by atoms with Crippen LogP contribution >= 0.6 is 0 Å². The molecule has 0 bridgehead atoms. The summed E-state index contributed by atoms with van der Waals surface area (Å²) in [6.07, 6.45) is 5.61. The number of unbranched alkanes of at least 4 members (excludes halogenated alkanes) is 2. The van der Waals surface area contributed by atoms with Gasteiger partial charge in [-0.3, -0.25) is 0 Å². The summed E-state index contributed by atoms with van der Waals surface area (Å²) in [7, 11) is -1.81. The fraction of sp³-hybridized carbons (Fsp3) is 1.00. The van der Waals surface area contributed by atoms with Crippen LogP contribution in [0, 0.1) is 0 Å². The SMILES string of the molecule is CCCCCO[SiH](OCCC)OCCC. The van der Waals surface area contributed by atoms with Crippen molar-refractivity contribution in [3.8, 4) is 0 Å². The van der Waals surface area contributed by atoms with E-state index in [9.17, 15) is 0 Å². The lowest BCUT2D eigenvalue weighted by molar-refractivity contribution is 0.0918. The fourth-order valence-corrected chi connectivity index (χ4v) is 2.61. The topological polar surface area (TPSA) is 27.7 Å². The minimum Gasteiger partial charge on any atom is -0.376 e. The first-order valence-electron chi connectivity index (χ1n) is 6.19. The number of hydrogen-bond acceptors (Lipinski definition) is 3. The van der Waals surface area contributed by atoms with Crippen LogP contribution in [0.1, 0.15) is 52.9 Å². The zero-order valence-corrected chi connectivity index (χ0v) is 11.6. The van der Waals surface area contributed by atoms with Crippen LogP contribution in [0.25, 0.3) is 0 Å². The highest BCUT2D eigenvalue weighted by molar-refractivity contribution is 6.36. The second-order valence-corrected chi connectivity index (χ2v) is 5.19. The smallest absolute Gasteiger partial charge is 0.376 e. The third kappa shape index (κ3) is 10.4. The molecule has 0 N–H and O–H groups in total. The first-order valence-corrected chi connectivity index (χ1v) is 7.61. The average molecular weight is 234 g/mol. The Morgan fingerprint density at radius 2 is 1.20 bits per heavy atom. The third-order valence-corrected chi connectivity index (χ3v) is 3.44. The Kier molecular flexibility index (Phi) is 12.2. The van der Waals surface area contributed by atoms with Crippen molar-refractivity contribution >= 4 is 9.53 Å². The van der Waals surface area contributed by atoms with E-state index in [1.54, 1.807) is 0 Å². The highest BCUT2D eigenvalue weighted by Crippen LogP contribution is 2.00. The Labute approximate surface area is 96.1 Å². The van der Waals surface area contributed by atoms with Gasteiger partial charge in [0.25, 0.3) is 0 Å². The van der Waals surface area contributed by atoms with Crippen molar-refractivity contribution < 1.29 is 13.3 Å². The molecule has 0 amide bonds. The lowest BCUT2D eigenvalue weighted by Gasteiger charge is -2.15. The fourth-order valence-electron chi connectivity index (χ4n) is 1.10. The molecule has 0 aliphatic rings. The van der Waals surface area contributed by atoms with Crippen LogP contribution in [0.15, 0.2) is 0 Å². The van der Waals surface area contributed by atoms with Gasteiger partial charge in [-0.15, -0.1) is 0 Å². The Morgan fingerprint density at radius 1 is 0.667 bits per heavy atom. The van der Waals surface area contributed by atoms with Crippen molar-refractivity contribution in [3.63, 3.8) is 0 Å². The summed E-state index contributed by atoms with van der Waals surface area (Å²) in [6, 6.07) is 0. The third-order valence-electron chi connectivity index (χ3n) is 1.92. The molecule has 0 heterocycles. The summed E-state index contributed by atoms with van der Waals surface area (Å²) in [6.45, 7) is 8.70. The maximum atomic E-state index is 5.64. The van der Waals surface area contributed by atoms with Gasteiger partial charge in [0.05, 0.1) is 0 Å². The second kappa shape index (κ2) is 12.2. The summed E-state index contributed by atoms with van der Waals surface area (Å²) in [5.74, 6) is 0. The van der Waals surface area contributed by atoms with E-state index in [1.165, 1.54) is 12.8 Å². The predicted molar refractivity (Wildman–Crippen MR) is 65.1 cm³/mol. The number of hydrogen-bond donors (Lipinski definition) is 0. The summed E-state index contributed by atoms with van der Waals surface area (Å²) >= 11 is 0. The molecule has 0 aromatic rings. The molecule has 0 spiro atoms. The summed E-state index contributed by atoms with van der Waals surface area (Å²) in [4.78, 5) is 0. The summed E-state index contributed by atoms with van der Waals surface area (Å²) < 4.78 is 16.8. The Balaban J connectivity index is 3.49. The van der Waals surface area contributed by atoms with E-state index in [0.29, 0.717) is 0 Å². The highest BCUT2D eigenvalue weighted by Gasteiger charge is 2.13. The van der Waals surface area contributed by atoms with Gasteiger partial charge in [0.15, 0.2) is 0 Å². The molecule has 15 heavy (non-hydrogen) atoms. The molecule has 0 saturated heterocycles. The molecular formula is C11H26O3Si. The van der Waals surface area contributed by atoms with Crippen molar-refractivity contribution in [3.05, 3.63) is 0 Å². The normalized spacial score (nSPS) is 11.2. The largest absolute Gasteiger partial charge is 0.484 e. The first kappa shape index (κ1) is 15.1. The lowest BCUT2D eigenvalue weighted by Crippen LogP contribution is -2.28. The standard InChI is InChI=1S/C11H26O3Si/c1-4-7-8-11-14-15(12-9-5-2)13-10-6-3/h15H,4-11H2,1-3H3. The highest BCUT2D eigenvalue weighted by atomic mass is 28.3. The van der Waals surface area contributed by atoms with Crippen LogP contribution < -0.4 is 0 Å². The van der Waals surface area contributed by atoms with Gasteiger partial charge >= 0.3 is 9.53 Å². The van der Waals surface area contributed by atoms with Gasteiger partial charge in [-0.2, -0.15) is 0 Å². The van der Waals surface area contributed by atoms with E-state index in [1.807, 2.05) is 0 Å². The zero-order valence-electron chi connectivity index (χ0n) is 10.5. The van der Waals surface area contributed by atoms with Crippen molar-refractivity contribution in [1.82, 2.24) is 0 Å².